The molecule has 29 heavy (non-hydrogen) atoms. The molecule has 0 bridgehead atoms. The summed E-state index contributed by atoms with van der Waals surface area (Å²) in [5.74, 6) is 0.860. The van der Waals surface area contributed by atoms with Crippen molar-refractivity contribution >= 4 is 17.7 Å². The van der Waals surface area contributed by atoms with Crippen LogP contribution in [0.3, 0.4) is 0 Å². The Morgan fingerprint density at radius 2 is 1.90 bits per heavy atom. The summed E-state index contributed by atoms with van der Waals surface area (Å²) in [5, 5.41) is 3.19. The molecule has 1 unspecified atom stereocenters. The highest BCUT2D eigenvalue weighted by Gasteiger charge is 2.16. The van der Waals surface area contributed by atoms with Crippen molar-refractivity contribution in [1.29, 1.82) is 0 Å². The number of ether oxygens (including phenoxy) is 2. The van der Waals surface area contributed by atoms with E-state index >= 15 is 0 Å². The third kappa shape index (κ3) is 5.29. The quantitative estimate of drug-likeness (QED) is 0.543. The number of hydrogen-bond donors (Lipinski definition) is 2. The van der Waals surface area contributed by atoms with Crippen molar-refractivity contribution < 1.29 is 18.7 Å². The number of aromatic amines is 1. The van der Waals surface area contributed by atoms with Crippen LogP contribution >= 0.6 is 11.8 Å². The zero-order chi connectivity index (χ0) is 20.8. The van der Waals surface area contributed by atoms with Gasteiger partial charge in [0, 0.05) is 6.54 Å². The van der Waals surface area contributed by atoms with Crippen LogP contribution in [0, 0.1) is 5.82 Å². The molecule has 2 aromatic carbocycles. The molecule has 0 saturated heterocycles. The summed E-state index contributed by atoms with van der Waals surface area (Å²) >= 11 is 1.32. The van der Waals surface area contributed by atoms with E-state index in [1.54, 1.807) is 38.6 Å². The molecular formula is C21H22FN3O3S. The maximum absolute atomic E-state index is 13.1. The van der Waals surface area contributed by atoms with E-state index in [0.717, 1.165) is 16.8 Å². The molecule has 152 valence electrons. The number of hydrogen-bond acceptors (Lipinski definition) is 5. The molecule has 2 N–H and O–H groups in total. The Morgan fingerprint density at radius 3 is 2.59 bits per heavy atom. The van der Waals surface area contributed by atoms with Gasteiger partial charge in [-0.1, -0.05) is 17.8 Å². The fraction of sp³-hybridized carbons (Fsp3) is 0.238. The SMILES string of the molecule is COc1ccc(CNC(=O)C(C)Sc2ncc(-c3ccc(F)cc3)[nH]2)cc1OC. The van der Waals surface area contributed by atoms with E-state index in [0.29, 0.717) is 23.2 Å². The summed E-state index contributed by atoms with van der Waals surface area (Å²) < 4.78 is 23.6. The number of rotatable bonds is 8. The van der Waals surface area contributed by atoms with Crippen LogP contribution in [0.25, 0.3) is 11.3 Å². The number of imidazole rings is 1. The average molecular weight is 415 g/mol. The summed E-state index contributed by atoms with van der Waals surface area (Å²) in [7, 11) is 3.15. The van der Waals surface area contributed by atoms with E-state index < -0.39 is 0 Å². The molecule has 0 fully saturated rings. The van der Waals surface area contributed by atoms with Crippen LogP contribution in [0.2, 0.25) is 0 Å². The van der Waals surface area contributed by atoms with Crippen molar-refractivity contribution in [3.05, 3.63) is 60.0 Å². The van der Waals surface area contributed by atoms with Crippen molar-refractivity contribution in [1.82, 2.24) is 15.3 Å². The van der Waals surface area contributed by atoms with Gasteiger partial charge in [-0.3, -0.25) is 4.79 Å². The van der Waals surface area contributed by atoms with Crippen molar-refractivity contribution in [2.24, 2.45) is 0 Å². The standard InChI is InChI=1S/C21H22FN3O3S/c1-13(20(26)23-11-14-4-9-18(27-2)19(10-14)28-3)29-21-24-12-17(25-21)15-5-7-16(22)8-6-15/h4-10,12-13H,11H2,1-3H3,(H,23,26)(H,24,25). The van der Waals surface area contributed by atoms with Crippen LogP contribution in [0.15, 0.2) is 53.8 Å². The Labute approximate surface area is 172 Å². The second-order valence-electron chi connectivity index (χ2n) is 6.28. The van der Waals surface area contributed by atoms with Gasteiger partial charge in [0.2, 0.25) is 5.91 Å². The normalized spacial score (nSPS) is 11.7. The van der Waals surface area contributed by atoms with Gasteiger partial charge in [0.05, 0.1) is 31.4 Å². The largest absolute Gasteiger partial charge is 0.493 e. The first-order valence-electron chi connectivity index (χ1n) is 8.96. The van der Waals surface area contributed by atoms with Crippen molar-refractivity contribution in [2.75, 3.05) is 14.2 Å². The Bertz CT molecular complexity index is 976. The first kappa shape index (κ1) is 20.7. The fourth-order valence-corrected chi connectivity index (χ4v) is 3.49. The lowest BCUT2D eigenvalue weighted by atomic mass is 10.2. The van der Waals surface area contributed by atoms with Gasteiger partial charge >= 0.3 is 0 Å². The van der Waals surface area contributed by atoms with E-state index in [1.165, 1.54) is 23.9 Å². The predicted molar refractivity (Wildman–Crippen MR) is 111 cm³/mol. The van der Waals surface area contributed by atoms with Gasteiger partial charge < -0.3 is 19.8 Å². The molecule has 0 saturated carbocycles. The van der Waals surface area contributed by atoms with Crippen molar-refractivity contribution in [3.8, 4) is 22.8 Å². The maximum atomic E-state index is 13.1. The lowest BCUT2D eigenvalue weighted by Crippen LogP contribution is -2.30. The number of thioether (sulfide) groups is 1. The molecule has 1 heterocycles. The highest BCUT2D eigenvalue weighted by atomic mass is 32.2. The molecule has 3 rings (SSSR count). The number of nitrogens with zero attached hydrogens (tertiary/aromatic N) is 1. The van der Waals surface area contributed by atoms with Gasteiger partial charge in [-0.05, 0) is 54.4 Å². The minimum absolute atomic E-state index is 0.107. The molecule has 0 aliphatic carbocycles. The molecule has 3 aromatic rings. The van der Waals surface area contributed by atoms with E-state index in [9.17, 15) is 9.18 Å². The molecule has 8 heteroatoms. The molecule has 0 radical (unpaired) electrons. The van der Waals surface area contributed by atoms with Crippen molar-refractivity contribution in [3.63, 3.8) is 0 Å². The van der Waals surface area contributed by atoms with E-state index in [4.69, 9.17) is 9.47 Å². The Kier molecular flexibility index (Phi) is 6.77. The number of amides is 1. The van der Waals surface area contributed by atoms with Crippen LogP contribution < -0.4 is 14.8 Å². The average Bonchev–Trinajstić information content (AvgIpc) is 3.20. The zero-order valence-corrected chi connectivity index (χ0v) is 17.2. The van der Waals surface area contributed by atoms with Gasteiger partial charge in [0.25, 0.3) is 0 Å². The number of carbonyl (C=O) groups is 1. The number of carbonyl (C=O) groups excluding carboxylic acids is 1. The van der Waals surface area contributed by atoms with Crippen LogP contribution in [-0.2, 0) is 11.3 Å². The predicted octanol–water partition coefficient (Wildman–Crippen LogP) is 4.03. The van der Waals surface area contributed by atoms with Gasteiger partial charge in [0.15, 0.2) is 16.7 Å². The molecule has 1 atom stereocenters. The molecule has 1 amide bonds. The minimum atomic E-state index is -0.345. The molecule has 1 aromatic heterocycles. The summed E-state index contributed by atoms with van der Waals surface area (Å²) in [6.45, 7) is 2.19. The lowest BCUT2D eigenvalue weighted by Gasteiger charge is -2.12. The highest BCUT2D eigenvalue weighted by molar-refractivity contribution is 8.00. The summed E-state index contributed by atoms with van der Waals surface area (Å²) in [6.07, 6.45) is 1.67. The number of methoxy groups -OCH3 is 2. The minimum Gasteiger partial charge on any atom is -0.493 e. The van der Waals surface area contributed by atoms with Crippen LogP contribution in [0.1, 0.15) is 12.5 Å². The summed E-state index contributed by atoms with van der Waals surface area (Å²) in [4.78, 5) is 19.9. The van der Waals surface area contributed by atoms with E-state index in [2.05, 4.69) is 15.3 Å². The Balaban J connectivity index is 1.56. The zero-order valence-electron chi connectivity index (χ0n) is 16.4. The molecule has 0 aliphatic rings. The second-order valence-corrected chi connectivity index (χ2v) is 7.61. The van der Waals surface area contributed by atoms with E-state index in [-0.39, 0.29) is 17.0 Å². The molecule has 0 spiro atoms. The Hall–Kier alpha value is -3.00. The van der Waals surface area contributed by atoms with Crippen LogP contribution in [0.4, 0.5) is 4.39 Å². The first-order chi connectivity index (χ1) is 14.0. The third-order valence-electron chi connectivity index (χ3n) is 4.28. The van der Waals surface area contributed by atoms with Gasteiger partial charge in [-0.15, -0.1) is 0 Å². The number of aromatic nitrogens is 2. The number of benzene rings is 2. The van der Waals surface area contributed by atoms with Crippen molar-refractivity contribution in [2.45, 2.75) is 23.9 Å². The molecule has 6 nitrogen and oxygen atoms in total. The van der Waals surface area contributed by atoms with Gasteiger partial charge in [-0.25, -0.2) is 9.37 Å². The monoisotopic (exact) mass is 415 g/mol. The van der Waals surface area contributed by atoms with Crippen LogP contribution in [-0.4, -0.2) is 35.3 Å². The maximum Gasteiger partial charge on any atom is 0.233 e. The lowest BCUT2D eigenvalue weighted by molar-refractivity contribution is -0.120. The van der Waals surface area contributed by atoms with E-state index in [1.807, 2.05) is 19.1 Å². The van der Waals surface area contributed by atoms with Gasteiger partial charge in [0.1, 0.15) is 5.82 Å². The number of halogens is 1. The first-order valence-corrected chi connectivity index (χ1v) is 9.84. The summed E-state index contributed by atoms with van der Waals surface area (Å²) in [6, 6.07) is 11.7. The Morgan fingerprint density at radius 1 is 1.17 bits per heavy atom. The smallest absolute Gasteiger partial charge is 0.233 e. The fourth-order valence-electron chi connectivity index (χ4n) is 2.68. The molecular weight excluding hydrogens is 393 g/mol. The van der Waals surface area contributed by atoms with Crippen LogP contribution in [0.5, 0.6) is 11.5 Å². The number of H-pyrrole nitrogens is 1. The second kappa shape index (κ2) is 9.47. The number of nitrogens with one attached hydrogen (secondary N) is 2. The topological polar surface area (TPSA) is 76.2 Å². The third-order valence-corrected chi connectivity index (χ3v) is 5.28. The highest BCUT2D eigenvalue weighted by Crippen LogP contribution is 2.28. The molecule has 0 aliphatic heterocycles. The summed E-state index contributed by atoms with van der Waals surface area (Å²) in [5.41, 5.74) is 2.51. The van der Waals surface area contributed by atoms with Gasteiger partial charge in [-0.2, -0.15) is 0 Å².